The van der Waals surface area contributed by atoms with E-state index in [2.05, 4.69) is 27.6 Å². The van der Waals surface area contributed by atoms with Crippen LogP contribution in [0.5, 0.6) is 0 Å². The Hall–Kier alpha value is -1.62. The zero-order valence-corrected chi connectivity index (χ0v) is 9.64. The first-order valence-electron chi connectivity index (χ1n) is 5.49. The largest absolute Gasteiger partial charge is 0.353 e. The van der Waals surface area contributed by atoms with E-state index in [1.807, 2.05) is 31.4 Å². The lowest BCUT2D eigenvalue weighted by Crippen LogP contribution is -2.23. The van der Waals surface area contributed by atoms with Crippen LogP contribution >= 0.6 is 0 Å². The standard InChI is InChI=1S/C11H17N5/c1-9(7-12-2)8-13-11-14-10-5-3-4-6-16(10)15-11/h3-6,9,12H,7-8H2,1-2H3,(H,13,15). The number of hydrogen-bond donors (Lipinski definition) is 2. The van der Waals surface area contributed by atoms with Crippen molar-refractivity contribution in [1.82, 2.24) is 19.9 Å². The number of aromatic nitrogens is 3. The van der Waals surface area contributed by atoms with E-state index in [0.29, 0.717) is 11.9 Å². The molecule has 2 rings (SSSR count). The molecule has 86 valence electrons. The third-order valence-electron chi connectivity index (χ3n) is 2.40. The fourth-order valence-corrected chi connectivity index (χ4v) is 1.59. The highest BCUT2D eigenvalue weighted by Gasteiger charge is 2.04. The summed E-state index contributed by atoms with van der Waals surface area (Å²) in [6.07, 6.45) is 1.89. The quantitative estimate of drug-likeness (QED) is 0.787. The fraction of sp³-hybridized carbons (Fsp3) is 0.455. The van der Waals surface area contributed by atoms with Crippen LogP contribution in [0.2, 0.25) is 0 Å². The van der Waals surface area contributed by atoms with Gasteiger partial charge in [-0.25, -0.2) is 4.52 Å². The minimum Gasteiger partial charge on any atom is -0.353 e. The van der Waals surface area contributed by atoms with Crippen LogP contribution in [-0.4, -0.2) is 34.7 Å². The number of anilines is 1. The van der Waals surface area contributed by atoms with Crippen LogP contribution in [0, 0.1) is 5.92 Å². The number of rotatable bonds is 5. The summed E-state index contributed by atoms with van der Waals surface area (Å²) >= 11 is 0. The third-order valence-corrected chi connectivity index (χ3v) is 2.40. The Bertz CT molecular complexity index is 417. The van der Waals surface area contributed by atoms with Crippen molar-refractivity contribution in [2.75, 3.05) is 25.5 Å². The van der Waals surface area contributed by atoms with Gasteiger partial charge in [-0.1, -0.05) is 13.0 Å². The van der Waals surface area contributed by atoms with Gasteiger partial charge in [0, 0.05) is 12.7 Å². The summed E-state index contributed by atoms with van der Waals surface area (Å²) in [7, 11) is 1.96. The topological polar surface area (TPSA) is 54.2 Å². The highest BCUT2D eigenvalue weighted by atomic mass is 15.3. The highest BCUT2D eigenvalue weighted by molar-refractivity contribution is 5.42. The molecule has 5 nitrogen and oxygen atoms in total. The summed E-state index contributed by atoms with van der Waals surface area (Å²) in [5.41, 5.74) is 0.867. The molecule has 0 saturated heterocycles. The van der Waals surface area contributed by atoms with Gasteiger partial charge < -0.3 is 10.6 Å². The maximum Gasteiger partial charge on any atom is 0.243 e. The Labute approximate surface area is 94.9 Å². The first kappa shape index (κ1) is 10.9. The second kappa shape index (κ2) is 4.94. The van der Waals surface area contributed by atoms with Gasteiger partial charge in [0.1, 0.15) is 0 Å². The minimum atomic E-state index is 0.552. The van der Waals surface area contributed by atoms with Crippen molar-refractivity contribution in [3.63, 3.8) is 0 Å². The van der Waals surface area contributed by atoms with E-state index in [9.17, 15) is 0 Å². The summed E-state index contributed by atoms with van der Waals surface area (Å²) < 4.78 is 1.77. The van der Waals surface area contributed by atoms with Crippen molar-refractivity contribution in [2.45, 2.75) is 6.92 Å². The molecule has 2 aromatic heterocycles. The minimum absolute atomic E-state index is 0.552. The van der Waals surface area contributed by atoms with Gasteiger partial charge in [-0.05, 0) is 31.6 Å². The summed E-state index contributed by atoms with van der Waals surface area (Å²) in [6.45, 7) is 4.04. The van der Waals surface area contributed by atoms with Gasteiger partial charge in [0.05, 0.1) is 0 Å². The van der Waals surface area contributed by atoms with Crippen LogP contribution in [0.15, 0.2) is 24.4 Å². The number of hydrogen-bond acceptors (Lipinski definition) is 4. The number of fused-ring (bicyclic) bond motifs is 1. The van der Waals surface area contributed by atoms with Crippen molar-refractivity contribution in [1.29, 1.82) is 0 Å². The molecule has 2 heterocycles. The first-order chi connectivity index (χ1) is 7.79. The molecule has 0 amide bonds. The summed E-state index contributed by atoms with van der Waals surface area (Å²) in [5.74, 6) is 1.24. The molecule has 1 atom stereocenters. The summed E-state index contributed by atoms with van der Waals surface area (Å²) in [6, 6.07) is 5.84. The Morgan fingerprint density at radius 2 is 2.25 bits per heavy atom. The van der Waals surface area contributed by atoms with Crippen LogP contribution in [0.3, 0.4) is 0 Å². The molecule has 2 aromatic rings. The lowest BCUT2D eigenvalue weighted by Gasteiger charge is -2.09. The molecule has 1 unspecified atom stereocenters. The second-order valence-electron chi connectivity index (χ2n) is 3.98. The van der Waals surface area contributed by atoms with E-state index in [0.717, 1.165) is 18.7 Å². The zero-order chi connectivity index (χ0) is 11.4. The molecule has 0 aliphatic heterocycles. The van der Waals surface area contributed by atoms with E-state index < -0.39 is 0 Å². The zero-order valence-electron chi connectivity index (χ0n) is 9.64. The lowest BCUT2D eigenvalue weighted by atomic mass is 10.2. The van der Waals surface area contributed by atoms with Crippen molar-refractivity contribution in [3.8, 4) is 0 Å². The van der Waals surface area contributed by atoms with E-state index in [1.54, 1.807) is 4.52 Å². The molecule has 0 bridgehead atoms. The molecule has 0 aliphatic carbocycles. The SMILES string of the molecule is CNCC(C)CNc1nc2ccccn2n1. The average Bonchev–Trinajstić information content (AvgIpc) is 2.69. The Morgan fingerprint density at radius 1 is 1.38 bits per heavy atom. The van der Waals surface area contributed by atoms with Gasteiger partial charge >= 0.3 is 0 Å². The van der Waals surface area contributed by atoms with Gasteiger partial charge in [-0.15, -0.1) is 5.10 Å². The average molecular weight is 219 g/mol. The summed E-state index contributed by atoms with van der Waals surface area (Å²) in [5, 5.41) is 10.7. The van der Waals surface area contributed by atoms with Gasteiger partial charge in [0.2, 0.25) is 5.95 Å². The lowest BCUT2D eigenvalue weighted by molar-refractivity contribution is 0.568. The normalized spacial score (nSPS) is 12.9. The molecule has 0 saturated carbocycles. The molecule has 5 heteroatoms. The maximum atomic E-state index is 4.37. The van der Waals surface area contributed by atoms with Crippen LogP contribution in [0.25, 0.3) is 5.65 Å². The Morgan fingerprint density at radius 3 is 3.00 bits per heavy atom. The highest BCUT2D eigenvalue weighted by Crippen LogP contribution is 2.05. The van der Waals surface area contributed by atoms with E-state index in [-0.39, 0.29) is 0 Å². The molecule has 2 N–H and O–H groups in total. The number of pyridine rings is 1. The number of nitrogens with one attached hydrogen (secondary N) is 2. The predicted molar refractivity (Wildman–Crippen MR) is 64.6 cm³/mol. The third kappa shape index (κ3) is 2.49. The molecule has 0 aliphatic rings. The molecule has 0 radical (unpaired) electrons. The maximum absolute atomic E-state index is 4.37. The fourth-order valence-electron chi connectivity index (χ4n) is 1.59. The van der Waals surface area contributed by atoms with E-state index in [4.69, 9.17) is 0 Å². The molecule has 0 spiro atoms. The number of nitrogens with zero attached hydrogens (tertiary/aromatic N) is 3. The summed E-state index contributed by atoms with van der Waals surface area (Å²) in [4.78, 5) is 4.37. The predicted octanol–water partition coefficient (Wildman–Crippen LogP) is 0.997. The van der Waals surface area contributed by atoms with Crippen LogP contribution in [0.1, 0.15) is 6.92 Å². The van der Waals surface area contributed by atoms with Crippen molar-refractivity contribution < 1.29 is 0 Å². The van der Waals surface area contributed by atoms with Gasteiger partial charge in [-0.3, -0.25) is 0 Å². The molecule has 16 heavy (non-hydrogen) atoms. The van der Waals surface area contributed by atoms with Gasteiger partial charge in [-0.2, -0.15) is 4.98 Å². The monoisotopic (exact) mass is 219 g/mol. The smallest absolute Gasteiger partial charge is 0.243 e. The Kier molecular flexibility index (Phi) is 3.36. The van der Waals surface area contributed by atoms with Gasteiger partial charge in [0.25, 0.3) is 0 Å². The van der Waals surface area contributed by atoms with Crippen molar-refractivity contribution in [3.05, 3.63) is 24.4 Å². The molecule has 0 aromatic carbocycles. The van der Waals surface area contributed by atoms with Gasteiger partial charge in [0.15, 0.2) is 5.65 Å². The van der Waals surface area contributed by atoms with E-state index >= 15 is 0 Å². The van der Waals surface area contributed by atoms with Crippen LogP contribution in [-0.2, 0) is 0 Å². The van der Waals surface area contributed by atoms with Crippen LogP contribution in [0.4, 0.5) is 5.95 Å². The first-order valence-corrected chi connectivity index (χ1v) is 5.49. The van der Waals surface area contributed by atoms with Crippen molar-refractivity contribution in [2.24, 2.45) is 5.92 Å². The second-order valence-corrected chi connectivity index (χ2v) is 3.98. The van der Waals surface area contributed by atoms with Crippen LogP contribution < -0.4 is 10.6 Å². The molecular formula is C11H17N5. The van der Waals surface area contributed by atoms with Crippen molar-refractivity contribution >= 4 is 11.6 Å². The Balaban J connectivity index is 1.99. The van der Waals surface area contributed by atoms with E-state index in [1.165, 1.54) is 0 Å². The molecular weight excluding hydrogens is 202 g/mol. The molecule has 0 fully saturated rings.